The monoisotopic (exact) mass is 435 g/mol. The highest BCUT2D eigenvalue weighted by Crippen LogP contribution is 2.31. The predicted octanol–water partition coefficient (Wildman–Crippen LogP) is 7.19. The van der Waals surface area contributed by atoms with E-state index in [0.29, 0.717) is 15.7 Å². The van der Waals surface area contributed by atoms with E-state index in [1.165, 1.54) is 5.56 Å². The van der Waals surface area contributed by atoms with Gasteiger partial charge in [0.2, 0.25) is 0 Å². The van der Waals surface area contributed by atoms with E-state index in [2.05, 4.69) is 59.0 Å². The number of carbonyl (C=O) groups is 1. The van der Waals surface area contributed by atoms with Crippen molar-refractivity contribution in [2.75, 3.05) is 11.9 Å². The molecule has 0 saturated carbocycles. The van der Waals surface area contributed by atoms with Crippen molar-refractivity contribution in [2.45, 2.75) is 54.4 Å². The summed E-state index contributed by atoms with van der Waals surface area (Å²) in [6.45, 7) is 13.2. The Kier molecular flexibility index (Phi) is 7.64. The molecule has 0 heterocycles. The van der Waals surface area contributed by atoms with Crippen molar-refractivity contribution >= 4 is 34.8 Å². The van der Waals surface area contributed by atoms with Crippen molar-refractivity contribution in [3.05, 3.63) is 57.6 Å². The summed E-state index contributed by atoms with van der Waals surface area (Å²) in [6.07, 6.45) is 1.86. The van der Waals surface area contributed by atoms with E-state index in [9.17, 15) is 4.79 Å². The van der Waals surface area contributed by atoms with E-state index in [-0.39, 0.29) is 23.3 Å². The van der Waals surface area contributed by atoms with Crippen LogP contribution in [0.2, 0.25) is 10.0 Å². The maximum Gasteiger partial charge on any atom is 0.262 e. The first-order valence-electron chi connectivity index (χ1n) is 9.82. The van der Waals surface area contributed by atoms with Gasteiger partial charge in [0.1, 0.15) is 5.75 Å². The third-order valence-corrected chi connectivity index (χ3v) is 4.88. The van der Waals surface area contributed by atoms with Crippen LogP contribution in [-0.4, -0.2) is 12.5 Å². The van der Waals surface area contributed by atoms with Gasteiger partial charge in [-0.05, 0) is 59.1 Å². The minimum absolute atomic E-state index is 0.0734. The molecule has 5 heteroatoms. The molecule has 0 radical (unpaired) electrons. The van der Waals surface area contributed by atoms with Gasteiger partial charge in [-0.1, -0.05) is 76.9 Å². The summed E-state index contributed by atoms with van der Waals surface area (Å²) in [5.74, 6) is 0.505. The number of anilines is 1. The van der Waals surface area contributed by atoms with Crippen LogP contribution in [0.5, 0.6) is 5.75 Å². The number of ether oxygens (including phenoxy) is 1. The first kappa shape index (κ1) is 23.6. The summed E-state index contributed by atoms with van der Waals surface area (Å²) < 4.78 is 5.89. The van der Waals surface area contributed by atoms with Crippen LogP contribution in [0.15, 0.2) is 36.4 Å². The smallest absolute Gasteiger partial charge is 0.262 e. The molecule has 2 aromatic rings. The van der Waals surface area contributed by atoms with E-state index in [0.717, 1.165) is 24.2 Å². The summed E-state index contributed by atoms with van der Waals surface area (Å²) in [6, 6.07) is 11.3. The Bertz CT molecular complexity index is 864. The highest BCUT2D eigenvalue weighted by atomic mass is 35.5. The van der Waals surface area contributed by atoms with E-state index in [1.54, 1.807) is 18.2 Å². The molecule has 0 aromatic heterocycles. The van der Waals surface area contributed by atoms with Crippen LogP contribution in [0.1, 0.15) is 52.7 Å². The second-order valence-electron chi connectivity index (χ2n) is 9.88. The van der Waals surface area contributed by atoms with Crippen molar-refractivity contribution in [3.63, 3.8) is 0 Å². The van der Waals surface area contributed by atoms with Gasteiger partial charge in [-0.2, -0.15) is 0 Å². The van der Waals surface area contributed by atoms with Crippen molar-refractivity contribution in [1.82, 2.24) is 0 Å². The fourth-order valence-corrected chi connectivity index (χ4v) is 3.42. The largest absolute Gasteiger partial charge is 0.483 e. The molecule has 0 aliphatic carbocycles. The van der Waals surface area contributed by atoms with Crippen LogP contribution in [0.3, 0.4) is 0 Å². The molecule has 0 aliphatic heterocycles. The summed E-state index contributed by atoms with van der Waals surface area (Å²) >= 11 is 11.9. The molecule has 1 N–H and O–H groups in total. The molecule has 0 atom stereocenters. The number of hydrogen-bond acceptors (Lipinski definition) is 2. The molecule has 0 saturated heterocycles. The van der Waals surface area contributed by atoms with Crippen molar-refractivity contribution in [2.24, 2.45) is 10.8 Å². The minimum atomic E-state index is -0.246. The zero-order valence-electron chi connectivity index (χ0n) is 18.2. The lowest BCUT2D eigenvalue weighted by atomic mass is 9.84. The molecule has 2 aromatic carbocycles. The summed E-state index contributed by atoms with van der Waals surface area (Å²) in [4.78, 5) is 12.3. The van der Waals surface area contributed by atoms with Crippen LogP contribution in [0.4, 0.5) is 5.69 Å². The van der Waals surface area contributed by atoms with Gasteiger partial charge >= 0.3 is 0 Å². The zero-order valence-corrected chi connectivity index (χ0v) is 19.7. The molecule has 0 spiro atoms. The lowest BCUT2D eigenvalue weighted by Crippen LogP contribution is -2.21. The lowest BCUT2D eigenvalue weighted by Gasteiger charge is -2.23. The molecule has 2 rings (SSSR count). The highest BCUT2D eigenvalue weighted by Gasteiger charge is 2.18. The second kappa shape index (κ2) is 9.40. The fraction of sp³-hybridized carbons (Fsp3) is 0.458. The maximum atomic E-state index is 12.3. The van der Waals surface area contributed by atoms with Crippen LogP contribution >= 0.6 is 23.2 Å². The summed E-state index contributed by atoms with van der Waals surface area (Å²) in [7, 11) is 0. The van der Waals surface area contributed by atoms with Gasteiger partial charge in [0.25, 0.3) is 5.91 Å². The van der Waals surface area contributed by atoms with Crippen LogP contribution in [0, 0.1) is 10.8 Å². The van der Waals surface area contributed by atoms with Crippen molar-refractivity contribution in [3.8, 4) is 5.75 Å². The molecular formula is C24H31Cl2NO2. The van der Waals surface area contributed by atoms with Crippen LogP contribution in [0.25, 0.3) is 0 Å². The molecule has 0 unspecified atom stereocenters. The number of rotatable bonds is 6. The average molecular weight is 436 g/mol. The normalized spacial score (nSPS) is 12.0. The first-order valence-corrected chi connectivity index (χ1v) is 10.6. The Morgan fingerprint density at radius 1 is 0.897 bits per heavy atom. The van der Waals surface area contributed by atoms with Gasteiger partial charge in [-0.3, -0.25) is 4.79 Å². The summed E-state index contributed by atoms with van der Waals surface area (Å²) in [5.41, 5.74) is 3.32. The predicted molar refractivity (Wildman–Crippen MR) is 123 cm³/mol. The van der Waals surface area contributed by atoms with Gasteiger partial charge in [0.05, 0.1) is 10.0 Å². The SMILES string of the molecule is CC(C)(C)Cc1ccc(OCC(=O)Nc2ccc(Cl)c(Cl)c2)c(CC(C)(C)C)c1. The average Bonchev–Trinajstić information content (AvgIpc) is 2.54. The Morgan fingerprint density at radius 2 is 1.55 bits per heavy atom. The van der Waals surface area contributed by atoms with Crippen LogP contribution in [-0.2, 0) is 17.6 Å². The Balaban J connectivity index is 2.11. The van der Waals surface area contributed by atoms with Gasteiger partial charge in [-0.25, -0.2) is 0 Å². The van der Waals surface area contributed by atoms with E-state index in [1.807, 2.05) is 6.07 Å². The van der Waals surface area contributed by atoms with Gasteiger partial charge < -0.3 is 10.1 Å². The van der Waals surface area contributed by atoms with Gasteiger partial charge in [0, 0.05) is 5.69 Å². The van der Waals surface area contributed by atoms with E-state index < -0.39 is 0 Å². The van der Waals surface area contributed by atoms with Gasteiger partial charge in [-0.15, -0.1) is 0 Å². The molecule has 0 fully saturated rings. The third kappa shape index (κ3) is 8.28. The topological polar surface area (TPSA) is 38.3 Å². The Morgan fingerprint density at radius 3 is 2.14 bits per heavy atom. The number of halogens is 2. The maximum absolute atomic E-state index is 12.3. The Labute approximate surface area is 184 Å². The minimum Gasteiger partial charge on any atom is -0.483 e. The Hall–Kier alpha value is -1.71. The first-order chi connectivity index (χ1) is 13.3. The molecule has 1 amide bonds. The lowest BCUT2D eigenvalue weighted by molar-refractivity contribution is -0.118. The quantitative estimate of drug-likeness (QED) is 0.521. The zero-order chi connectivity index (χ0) is 21.8. The van der Waals surface area contributed by atoms with E-state index in [4.69, 9.17) is 27.9 Å². The fourth-order valence-electron chi connectivity index (χ4n) is 3.12. The molecular weight excluding hydrogens is 405 g/mol. The highest BCUT2D eigenvalue weighted by molar-refractivity contribution is 6.42. The standard InChI is InChI=1S/C24H31Cl2NO2/c1-23(2,3)13-16-7-10-21(17(11-16)14-24(4,5)6)29-15-22(28)27-18-8-9-19(25)20(26)12-18/h7-12H,13-15H2,1-6H3,(H,27,28). The number of carbonyl (C=O) groups excluding carboxylic acids is 1. The number of nitrogens with one attached hydrogen (secondary N) is 1. The molecule has 0 aliphatic rings. The number of hydrogen-bond donors (Lipinski definition) is 1. The molecule has 3 nitrogen and oxygen atoms in total. The molecule has 0 bridgehead atoms. The second-order valence-corrected chi connectivity index (χ2v) is 10.7. The van der Waals surface area contributed by atoms with Crippen molar-refractivity contribution in [1.29, 1.82) is 0 Å². The summed E-state index contributed by atoms with van der Waals surface area (Å²) in [5, 5.41) is 3.63. The van der Waals surface area contributed by atoms with Crippen molar-refractivity contribution < 1.29 is 9.53 Å². The molecule has 29 heavy (non-hydrogen) atoms. The third-order valence-electron chi connectivity index (χ3n) is 4.14. The van der Waals surface area contributed by atoms with E-state index >= 15 is 0 Å². The number of benzene rings is 2. The molecule has 158 valence electrons. The van der Waals surface area contributed by atoms with Gasteiger partial charge in [0.15, 0.2) is 6.61 Å². The van der Waals surface area contributed by atoms with Crippen LogP contribution < -0.4 is 10.1 Å². The number of amides is 1.